The number of hydrogen-bond donors (Lipinski definition) is 2. The molecule has 3 N–H and O–H groups in total. The van der Waals surface area contributed by atoms with Crippen molar-refractivity contribution in [2.75, 3.05) is 5.75 Å². The highest BCUT2D eigenvalue weighted by molar-refractivity contribution is 9.10. The van der Waals surface area contributed by atoms with Crippen LogP contribution in [-0.2, 0) is 6.42 Å². The highest BCUT2D eigenvalue weighted by Gasteiger charge is 2.08. The Hall–Kier alpha value is -0.810. The third-order valence-electron chi connectivity index (χ3n) is 3.10. The van der Waals surface area contributed by atoms with E-state index in [0.29, 0.717) is 0 Å². The number of halogens is 1. The quantitative estimate of drug-likeness (QED) is 0.471. The fourth-order valence-corrected chi connectivity index (χ4v) is 3.10. The molecule has 0 radical (unpaired) electrons. The first-order valence-corrected chi connectivity index (χ1v) is 8.35. The van der Waals surface area contributed by atoms with Crippen LogP contribution in [0.15, 0.2) is 57.9 Å². The third kappa shape index (κ3) is 4.94. The van der Waals surface area contributed by atoms with Gasteiger partial charge >= 0.3 is 0 Å². The van der Waals surface area contributed by atoms with Crippen LogP contribution in [0.5, 0.6) is 0 Å². The van der Waals surface area contributed by atoms with Crippen molar-refractivity contribution >= 4 is 27.7 Å². The summed E-state index contributed by atoms with van der Waals surface area (Å²) in [4.78, 5) is 1.26. The Kier molecular flexibility index (Phi) is 6.10. The van der Waals surface area contributed by atoms with Crippen LogP contribution in [0.25, 0.3) is 0 Å². The number of hydrogen-bond acceptors (Lipinski definition) is 3. The second-order valence-electron chi connectivity index (χ2n) is 4.82. The predicted molar refractivity (Wildman–Crippen MR) is 90.9 cm³/mol. The van der Waals surface area contributed by atoms with E-state index in [2.05, 4.69) is 76.8 Å². The van der Waals surface area contributed by atoms with Crippen molar-refractivity contribution < 1.29 is 0 Å². The number of nitrogens with one attached hydrogen (secondary N) is 1. The van der Waals surface area contributed by atoms with Gasteiger partial charge in [0.15, 0.2) is 0 Å². The number of nitrogens with two attached hydrogens (primary N) is 1. The molecule has 0 heterocycles. The van der Waals surface area contributed by atoms with Gasteiger partial charge in [-0.1, -0.05) is 45.8 Å². The Morgan fingerprint density at radius 1 is 1.10 bits per heavy atom. The van der Waals surface area contributed by atoms with E-state index in [-0.39, 0.29) is 6.04 Å². The largest absolute Gasteiger partial charge is 0.271 e. The standard InChI is InChI=1S/C16H19BrN2S/c1-12-2-4-13(5-3-12)10-15(19-18)11-20-16-8-6-14(17)7-9-16/h2-9,15,19H,10-11,18H2,1H3. The Morgan fingerprint density at radius 2 is 1.75 bits per heavy atom. The lowest BCUT2D eigenvalue weighted by atomic mass is 10.1. The number of benzene rings is 2. The molecule has 2 aromatic rings. The lowest BCUT2D eigenvalue weighted by molar-refractivity contribution is 0.575. The van der Waals surface area contributed by atoms with Gasteiger partial charge in [-0.15, -0.1) is 11.8 Å². The molecular weight excluding hydrogens is 332 g/mol. The normalized spacial score (nSPS) is 12.3. The van der Waals surface area contributed by atoms with E-state index in [1.165, 1.54) is 16.0 Å². The van der Waals surface area contributed by atoms with E-state index in [4.69, 9.17) is 5.84 Å². The SMILES string of the molecule is Cc1ccc(CC(CSc2ccc(Br)cc2)NN)cc1. The fraction of sp³-hybridized carbons (Fsp3) is 0.250. The zero-order valence-corrected chi connectivity index (χ0v) is 13.9. The first kappa shape index (κ1) is 15.6. The monoisotopic (exact) mass is 350 g/mol. The zero-order valence-electron chi connectivity index (χ0n) is 11.5. The lowest BCUT2D eigenvalue weighted by Gasteiger charge is -2.15. The molecule has 2 rings (SSSR count). The smallest absolute Gasteiger partial charge is 0.0344 e. The van der Waals surface area contributed by atoms with Gasteiger partial charge in [-0.3, -0.25) is 11.3 Å². The molecule has 0 spiro atoms. The van der Waals surface area contributed by atoms with Crippen molar-refractivity contribution in [3.8, 4) is 0 Å². The molecule has 2 nitrogen and oxygen atoms in total. The van der Waals surface area contributed by atoms with Gasteiger partial charge in [0.05, 0.1) is 0 Å². The number of rotatable bonds is 6. The summed E-state index contributed by atoms with van der Waals surface area (Å²) in [5.41, 5.74) is 5.52. The summed E-state index contributed by atoms with van der Waals surface area (Å²) in [6.45, 7) is 2.10. The fourth-order valence-electron chi connectivity index (χ4n) is 1.90. The highest BCUT2D eigenvalue weighted by atomic mass is 79.9. The molecular formula is C16H19BrN2S. The minimum atomic E-state index is 0.270. The van der Waals surface area contributed by atoms with Gasteiger partial charge in [-0.05, 0) is 43.2 Å². The molecule has 2 aromatic carbocycles. The molecule has 0 fully saturated rings. The van der Waals surface area contributed by atoms with Crippen LogP contribution in [0.2, 0.25) is 0 Å². The summed E-state index contributed by atoms with van der Waals surface area (Å²) < 4.78 is 1.11. The van der Waals surface area contributed by atoms with Crippen LogP contribution in [-0.4, -0.2) is 11.8 Å². The van der Waals surface area contributed by atoms with Crippen LogP contribution in [0, 0.1) is 6.92 Å². The summed E-state index contributed by atoms with van der Waals surface area (Å²) >= 11 is 5.27. The van der Waals surface area contributed by atoms with Crippen LogP contribution < -0.4 is 11.3 Å². The average molecular weight is 351 g/mol. The molecule has 0 aromatic heterocycles. The molecule has 0 aliphatic heterocycles. The molecule has 0 amide bonds. The third-order valence-corrected chi connectivity index (χ3v) is 4.81. The minimum Gasteiger partial charge on any atom is -0.271 e. The van der Waals surface area contributed by atoms with Gasteiger partial charge in [-0.2, -0.15) is 0 Å². The number of hydrazine groups is 1. The van der Waals surface area contributed by atoms with E-state index in [1.54, 1.807) is 0 Å². The summed E-state index contributed by atoms with van der Waals surface area (Å²) in [6, 6.07) is 17.3. The molecule has 0 saturated carbocycles. The van der Waals surface area contributed by atoms with E-state index in [9.17, 15) is 0 Å². The Bertz CT molecular complexity index is 525. The molecule has 1 atom stereocenters. The van der Waals surface area contributed by atoms with Crippen molar-refractivity contribution in [2.45, 2.75) is 24.3 Å². The molecule has 1 unspecified atom stereocenters. The number of aryl methyl sites for hydroxylation is 1. The van der Waals surface area contributed by atoms with E-state index < -0.39 is 0 Å². The van der Waals surface area contributed by atoms with Gasteiger partial charge in [0.1, 0.15) is 0 Å². The molecule has 0 bridgehead atoms. The van der Waals surface area contributed by atoms with E-state index in [1.807, 2.05) is 11.8 Å². The summed E-state index contributed by atoms with van der Waals surface area (Å²) in [7, 11) is 0. The predicted octanol–water partition coefficient (Wildman–Crippen LogP) is 3.92. The molecule has 106 valence electrons. The first-order valence-electron chi connectivity index (χ1n) is 6.57. The van der Waals surface area contributed by atoms with Crippen molar-refractivity contribution in [1.82, 2.24) is 5.43 Å². The summed E-state index contributed by atoms with van der Waals surface area (Å²) in [5.74, 6) is 6.62. The lowest BCUT2D eigenvalue weighted by Crippen LogP contribution is -2.38. The molecule has 0 saturated heterocycles. The van der Waals surface area contributed by atoms with Crippen molar-refractivity contribution in [2.24, 2.45) is 5.84 Å². The molecule has 4 heteroatoms. The second kappa shape index (κ2) is 7.84. The van der Waals surface area contributed by atoms with Crippen LogP contribution in [0.1, 0.15) is 11.1 Å². The van der Waals surface area contributed by atoms with Crippen LogP contribution in [0.3, 0.4) is 0 Å². The maximum Gasteiger partial charge on any atom is 0.0344 e. The molecule has 0 aliphatic rings. The number of thioether (sulfide) groups is 1. The Labute approximate surface area is 133 Å². The van der Waals surface area contributed by atoms with Gasteiger partial charge < -0.3 is 0 Å². The maximum atomic E-state index is 5.67. The highest BCUT2D eigenvalue weighted by Crippen LogP contribution is 2.22. The van der Waals surface area contributed by atoms with E-state index in [0.717, 1.165) is 16.6 Å². The molecule has 20 heavy (non-hydrogen) atoms. The summed E-state index contributed by atoms with van der Waals surface area (Å²) in [6.07, 6.45) is 0.945. The van der Waals surface area contributed by atoms with Gasteiger partial charge in [-0.25, -0.2) is 0 Å². The van der Waals surface area contributed by atoms with Crippen LogP contribution in [0.4, 0.5) is 0 Å². The van der Waals surface area contributed by atoms with Crippen molar-refractivity contribution in [3.63, 3.8) is 0 Å². The average Bonchev–Trinajstić information content (AvgIpc) is 2.47. The topological polar surface area (TPSA) is 38.0 Å². The maximum absolute atomic E-state index is 5.67. The van der Waals surface area contributed by atoms with Crippen molar-refractivity contribution in [1.29, 1.82) is 0 Å². The minimum absolute atomic E-state index is 0.270. The first-order chi connectivity index (χ1) is 9.67. The molecule has 0 aliphatic carbocycles. The Morgan fingerprint density at radius 3 is 2.35 bits per heavy atom. The Balaban J connectivity index is 1.88. The van der Waals surface area contributed by atoms with Gasteiger partial charge in [0.25, 0.3) is 0 Å². The van der Waals surface area contributed by atoms with Gasteiger partial charge in [0.2, 0.25) is 0 Å². The zero-order chi connectivity index (χ0) is 14.4. The second-order valence-corrected chi connectivity index (χ2v) is 6.83. The van der Waals surface area contributed by atoms with Crippen LogP contribution >= 0.6 is 27.7 Å². The summed E-state index contributed by atoms with van der Waals surface area (Å²) in [5, 5.41) is 0. The van der Waals surface area contributed by atoms with Gasteiger partial charge in [0, 0.05) is 21.2 Å². The van der Waals surface area contributed by atoms with Crippen molar-refractivity contribution in [3.05, 3.63) is 64.1 Å². The van der Waals surface area contributed by atoms with E-state index >= 15 is 0 Å².